The van der Waals surface area contributed by atoms with Crippen LogP contribution in [0, 0.1) is 0 Å². The smallest absolute Gasteiger partial charge is 0.394 e. The molecular formula is C57H106O10S. The molecule has 10 nitrogen and oxygen atoms in total. The van der Waals surface area contributed by atoms with Gasteiger partial charge in [-0.2, -0.15) is 8.42 Å². The van der Waals surface area contributed by atoms with Crippen molar-refractivity contribution in [1.82, 2.24) is 0 Å². The highest BCUT2D eigenvalue weighted by molar-refractivity contribution is 7.79. The molecule has 0 saturated heterocycles. The van der Waals surface area contributed by atoms with Crippen molar-refractivity contribution >= 4 is 28.3 Å². The Bertz CT molecular complexity index is 1230. The average molecular weight is 984 g/mol. The number of esters is 3. The van der Waals surface area contributed by atoms with E-state index in [1.54, 1.807) is 0 Å². The van der Waals surface area contributed by atoms with E-state index in [2.05, 4.69) is 57.2 Å². The van der Waals surface area contributed by atoms with Crippen molar-refractivity contribution in [2.75, 3.05) is 13.2 Å². The molecule has 0 fully saturated rings. The highest BCUT2D eigenvalue weighted by Gasteiger charge is 2.19. The summed E-state index contributed by atoms with van der Waals surface area (Å²) < 4.78 is 48.4. The van der Waals surface area contributed by atoms with Crippen LogP contribution in [0.4, 0.5) is 0 Å². The quantitative estimate of drug-likeness (QED) is 0.0198. The number of rotatable bonds is 50. The SMILES string of the molecule is CCCCCCCC/C=C/CCCCCCCC(=O)OCC(COC(=O)CCCCCCC/C=C/CCCCCCCC)OC(=O)CCCCCCC/C=C/CCCCCCCC.O=S(=O)(O)O. The highest BCUT2D eigenvalue weighted by atomic mass is 32.3. The fourth-order valence-electron chi connectivity index (χ4n) is 7.90. The molecule has 11 heteroatoms. The van der Waals surface area contributed by atoms with E-state index >= 15 is 0 Å². The maximum atomic E-state index is 12.8. The van der Waals surface area contributed by atoms with Gasteiger partial charge in [-0.1, -0.05) is 211 Å². The Kier molecular flexibility index (Phi) is 55.1. The molecule has 2 N–H and O–H groups in total. The van der Waals surface area contributed by atoms with Crippen molar-refractivity contribution in [1.29, 1.82) is 0 Å². The van der Waals surface area contributed by atoms with E-state index in [1.165, 1.54) is 173 Å². The predicted octanol–water partition coefficient (Wildman–Crippen LogP) is 17.4. The van der Waals surface area contributed by atoms with Crippen LogP contribution in [-0.2, 0) is 39.0 Å². The number of carbonyl (C=O) groups is 3. The molecule has 400 valence electrons. The molecule has 0 saturated carbocycles. The zero-order valence-corrected chi connectivity index (χ0v) is 45.0. The Morgan fingerprint density at radius 1 is 0.353 bits per heavy atom. The van der Waals surface area contributed by atoms with E-state index < -0.39 is 16.5 Å². The van der Waals surface area contributed by atoms with Gasteiger partial charge in [-0.25, -0.2) is 0 Å². The van der Waals surface area contributed by atoms with Gasteiger partial charge in [-0.15, -0.1) is 0 Å². The molecule has 0 heterocycles. The predicted molar refractivity (Wildman–Crippen MR) is 284 cm³/mol. The summed E-state index contributed by atoms with van der Waals surface area (Å²) in [5.41, 5.74) is 0. The summed E-state index contributed by atoms with van der Waals surface area (Å²) in [6.45, 7) is 6.63. The van der Waals surface area contributed by atoms with Crippen LogP contribution >= 0.6 is 0 Å². The van der Waals surface area contributed by atoms with Crippen molar-refractivity contribution in [3.63, 3.8) is 0 Å². The Hall–Kier alpha value is -2.50. The second-order valence-electron chi connectivity index (χ2n) is 18.9. The van der Waals surface area contributed by atoms with Crippen LogP contribution in [0.1, 0.15) is 290 Å². The third kappa shape index (κ3) is 63.5. The van der Waals surface area contributed by atoms with Gasteiger partial charge < -0.3 is 14.2 Å². The van der Waals surface area contributed by atoms with E-state index in [9.17, 15) is 14.4 Å². The minimum atomic E-state index is -4.67. The standard InChI is InChI=1S/C57H104O6.H2O4S/c1-4-7-10-13-16-19-22-25-28-31-34-37-40-43-46-49-55(58)61-52-54(63-57(60)51-48-45-42-39-36-33-30-27-24-21-18-15-12-9-6-3)53-62-56(59)50-47-44-41-38-35-32-29-26-23-20-17-14-11-8-5-2;1-5(2,3)4/h25-30,54H,4-24,31-53H2,1-3H3;(H2,1,2,3,4)/b28-25+,29-26+,30-27+;. The maximum Gasteiger partial charge on any atom is 0.394 e. The first kappa shape index (κ1) is 67.6. The molecule has 0 amide bonds. The lowest BCUT2D eigenvalue weighted by molar-refractivity contribution is -0.167. The second-order valence-corrected chi connectivity index (χ2v) is 19.8. The van der Waals surface area contributed by atoms with Gasteiger partial charge in [0, 0.05) is 19.3 Å². The second kappa shape index (κ2) is 55.4. The van der Waals surface area contributed by atoms with Crippen LogP contribution in [0.15, 0.2) is 36.5 Å². The minimum Gasteiger partial charge on any atom is -0.462 e. The molecule has 0 aliphatic heterocycles. The summed E-state index contributed by atoms with van der Waals surface area (Å²) in [6, 6.07) is 0. The molecule has 68 heavy (non-hydrogen) atoms. The fourth-order valence-corrected chi connectivity index (χ4v) is 7.90. The van der Waals surface area contributed by atoms with Crippen LogP contribution < -0.4 is 0 Å². The van der Waals surface area contributed by atoms with Crippen LogP contribution in [0.25, 0.3) is 0 Å². The maximum absolute atomic E-state index is 12.8. The molecule has 0 aromatic rings. The van der Waals surface area contributed by atoms with Crippen LogP contribution in [0.2, 0.25) is 0 Å². The number of hydrogen-bond acceptors (Lipinski definition) is 8. The summed E-state index contributed by atoms with van der Waals surface area (Å²) in [5, 5.41) is 0. The van der Waals surface area contributed by atoms with Crippen molar-refractivity contribution in [2.24, 2.45) is 0 Å². The number of carbonyl (C=O) groups excluding carboxylic acids is 3. The first-order chi connectivity index (χ1) is 33.0. The van der Waals surface area contributed by atoms with Crippen molar-refractivity contribution < 1.29 is 46.1 Å². The number of allylic oxidation sites excluding steroid dienone is 6. The number of unbranched alkanes of at least 4 members (excludes halogenated alkanes) is 33. The number of ether oxygens (including phenoxy) is 3. The summed E-state index contributed by atoms with van der Waals surface area (Å²) >= 11 is 0. The monoisotopic (exact) mass is 983 g/mol. The lowest BCUT2D eigenvalue weighted by Gasteiger charge is -2.18. The van der Waals surface area contributed by atoms with E-state index in [0.29, 0.717) is 19.3 Å². The molecule has 0 aromatic carbocycles. The Morgan fingerprint density at radius 3 is 0.809 bits per heavy atom. The third-order valence-electron chi connectivity index (χ3n) is 12.1. The van der Waals surface area contributed by atoms with Gasteiger partial charge in [0.2, 0.25) is 0 Å². The van der Waals surface area contributed by atoms with Gasteiger partial charge in [0.05, 0.1) is 0 Å². The van der Waals surface area contributed by atoms with Crippen molar-refractivity contribution in [3.8, 4) is 0 Å². The van der Waals surface area contributed by atoms with E-state index in [4.69, 9.17) is 31.7 Å². The molecule has 0 atom stereocenters. The van der Waals surface area contributed by atoms with Crippen LogP contribution in [0.5, 0.6) is 0 Å². The normalized spacial score (nSPS) is 11.8. The molecule has 0 aromatic heterocycles. The lowest BCUT2D eigenvalue weighted by atomic mass is 10.1. The first-order valence-corrected chi connectivity index (χ1v) is 29.6. The summed E-state index contributed by atoms with van der Waals surface area (Å²) in [7, 11) is -4.67. The van der Waals surface area contributed by atoms with E-state index in [-0.39, 0.29) is 31.1 Å². The van der Waals surface area contributed by atoms with E-state index in [0.717, 1.165) is 77.0 Å². The van der Waals surface area contributed by atoms with Gasteiger partial charge in [0.1, 0.15) is 13.2 Å². The third-order valence-corrected chi connectivity index (χ3v) is 12.1. The lowest BCUT2D eigenvalue weighted by Crippen LogP contribution is -2.30. The molecule has 0 aliphatic carbocycles. The summed E-state index contributed by atoms with van der Waals surface area (Å²) in [5.74, 6) is -0.893. The zero-order chi connectivity index (χ0) is 50.3. The number of hydrogen-bond donors (Lipinski definition) is 2. The summed E-state index contributed by atoms with van der Waals surface area (Å²) in [6.07, 6.45) is 61.2. The molecule has 0 rings (SSSR count). The van der Waals surface area contributed by atoms with Gasteiger partial charge in [-0.3, -0.25) is 23.5 Å². The zero-order valence-electron chi connectivity index (χ0n) is 44.2. The first-order valence-electron chi connectivity index (χ1n) is 28.2. The Labute approximate surface area is 419 Å². The molecule has 0 spiro atoms. The van der Waals surface area contributed by atoms with Crippen molar-refractivity contribution in [2.45, 2.75) is 297 Å². The average Bonchev–Trinajstić information content (AvgIpc) is 3.30. The Balaban J connectivity index is 0. The van der Waals surface area contributed by atoms with Gasteiger partial charge in [-0.05, 0) is 96.3 Å². The fraction of sp³-hybridized carbons (Fsp3) is 0.842. The molecule has 0 bridgehead atoms. The largest absolute Gasteiger partial charge is 0.462 e. The van der Waals surface area contributed by atoms with Crippen molar-refractivity contribution in [3.05, 3.63) is 36.5 Å². The topological polar surface area (TPSA) is 153 Å². The molecule has 0 aliphatic rings. The molecule has 0 radical (unpaired) electrons. The molecular weight excluding hydrogens is 877 g/mol. The van der Waals surface area contributed by atoms with Gasteiger partial charge >= 0.3 is 28.3 Å². The van der Waals surface area contributed by atoms with Crippen LogP contribution in [0.3, 0.4) is 0 Å². The Morgan fingerprint density at radius 2 is 0.559 bits per heavy atom. The van der Waals surface area contributed by atoms with Crippen LogP contribution in [-0.4, -0.2) is 54.7 Å². The summed E-state index contributed by atoms with van der Waals surface area (Å²) in [4.78, 5) is 38.0. The van der Waals surface area contributed by atoms with Gasteiger partial charge in [0.25, 0.3) is 0 Å². The van der Waals surface area contributed by atoms with Gasteiger partial charge in [0.15, 0.2) is 6.10 Å². The minimum absolute atomic E-state index is 0.0806. The van der Waals surface area contributed by atoms with E-state index in [1.807, 2.05) is 0 Å². The highest BCUT2D eigenvalue weighted by Crippen LogP contribution is 2.15. The molecule has 0 unspecified atom stereocenters.